The van der Waals surface area contributed by atoms with Gasteiger partial charge in [-0.3, -0.25) is 0 Å². The molecule has 2 heteroatoms. The van der Waals surface area contributed by atoms with Gasteiger partial charge in [-0.05, 0) is 0 Å². The van der Waals surface area contributed by atoms with Crippen molar-refractivity contribution in [1.29, 1.82) is 0 Å². The van der Waals surface area contributed by atoms with Crippen LogP contribution in [0.3, 0.4) is 0 Å². The summed E-state index contributed by atoms with van der Waals surface area (Å²) in [5, 5.41) is 13.6. The number of hydrogen-bond donors (Lipinski definition) is 1. The van der Waals surface area contributed by atoms with Crippen molar-refractivity contribution in [2.75, 3.05) is 0 Å². The molecule has 1 nitrogen and oxygen atoms in total. The summed E-state index contributed by atoms with van der Waals surface area (Å²) in [6.45, 7) is 0.0822. The zero-order valence-corrected chi connectivity index (χ0v) is 16.8. The van der Waals surface area contributed by atoms with E-state index in [0.717, 1.165) is 11.7 Å². The SMILES string of the molecule is OCc1ccc(C[PH](c2ccccc2)(c2ccccc2)c2ccccc2)cc1. The molecule has 0 fully saturated rings. The summed E-state index contributed by atoms with van der Waals surface area (Å²) in [4.78, 5) is 0. The van der Waals surface area contributed by atoms with E-state index in [4.69, 9.17) is 0 Å². The molecule has 0 saturated heterocycles. The minimum atomic E-state index is -2.25. The van der Waals surface area contributed by atoms with Gasteiger partial charge in [-0.1, -0.05) is 0 Å². The molecule has 0 bridgehead atoms. The summed E-state index contributed by atoms with van der Waals surface area (Å²) in [6, 6.07) is 41.3. The molecule has 4 aromatic rings. The van der Waals surface area contributed by atoms with Crippen LogP contribution in [0.15, 0.2) is 115 Å². The van der Waals surface area contributed by atoms with Crippen molar-refractivity contribution in [3.63, 3.8) is 0 Å². The second kappa shape index (κ2) is 8.52. The Bertz CT molecular complexity index is 900. The van der Waals surface area contributed by atoms with Crippen LogP contribution in [0.2, 0.25) is 0 Å². The molecule has 0 saturated carbocycles. The van der Waals surface area contributed by atoms with Crippen LogP contribution >= 0.6 is 7.26 Å². The van der Waals surface area contributed by atoms with Gasteiger partial charge in [0.2, 0.25) is 0 Å². The van der Waals surface area contributed by atoms with Gasteiger partial charge in [0.25, 0.3) is 0 Å². The van der Waals surface area contributed by atoms with Gasteiger partial charge >= 0.3 is 167 Å². The van der Waals surface area contributed by atoms with Gasteiger partial charge in [-0.2, -0.15) is 0 Å². The molecule has 28 heavy (non-hydrogen) atoms. The van der Waals surface area contributed by atoms with Crippen molar-refractivity contribution >= 4 is 23.2 Å². The molecule has 0 aliphatic heterocycles. The third-order valence-electron chi connectivity index (χ3n) is 5.47. The molecule has 1 N–H and O–H groups in total. The van der Waals surface area contributed by atoms with Crippen LogP contribution in [-0.2, 0) is 12.8 Å². The Hall–Kier alpha value is -2.73. The van der Waals surface area contributed by atoms with E-state index >= 15 is 0 Å². The van der Waals surface area contributed by atoms with E-state index in [2.05, 4.69) is 103 Å². The second-order valence-electron chi connectivity index (χ2n) is 7.15. The van der Waals surface area contributed by atoms with Crippen molar-refractivity contribution in [2.45, 2.75) is 12.8 Å². The third-order valence-corrected chi connectivity index (χ3v) is 10.4. The fourth-order valence-electron chi connectivity index (χ4n) is 4.04. The monoisotopic (exact) mass is 384 g/mol. The summed E-state index contributed by atoms with van der Waals surface area (Å²) in [5.41, 5.74) is 2.26. The average molecular weight is 384 g/mol. The van der Waals surface area contributed by atoms with Crippen molar-refractivity contribution < 1.29 is 5.11 Å². The maximum atomic E-state index is 9.40. The molecular weight excluding hydrogens is 359 g/mol. The van der Waals surface area contributed by atoms with E-state index in [0.29, 0.717) is 0 Å². The topological polar surface area (TPSA) is 20.2 Å². The molecule has 0 aliphatic rings. The first kappa shape index (κ1) is 18.6. The van der Waals surface area contributed by atoms with E-state index in [9.17, 15) is 5.11 Å². The molecule has 0 amide bonds. The van der Waals surface area contributed by atoms with E-state index < -0.39 is 7.26 Å². The standard InChI is InChI=1S/C26H25OP/c27-20-22-16-18-23(19-17-22)21-28(24-10-4-1-5-11-24,25-12-6-2-7-13-25)26-14-8-3-9-15-26/h1-19,27-28H,20-21H2. The molecular formula is C26H25OP. The van der Waals surface area contributed by atoms with E-state index in [-0.39, 0.29) is 6.61 Å². The van der Waals surface area contributed by atoms with Gasteiger partial charge in [0.05, 0.1) is 0 Å². The maximum absolute atomic E-state index is 9.40. The Morgan fingerprint density at radius 1 is 0.464 bits per heavy atom. The predicted octanol–water partition coefficient (Wildman–Crippen LogP) is 4.41. The molecule has 0 aromatic heterocycles. The van der Waals surface area contributed by atoms with Crippen LogP contribution in [0, 0.1) is 0 Å². The zero-order chi connectivity index (χ0) is 19.2. The second-order valence-corrected chi connectivity index (χ2v) is 11.1. The van der Waals surface area contributed by atoms with E-state index in [1.165, 1.54) is 21.5 Å². The summed E-state index contributed by atoms with van der Waals surface area (Å²) in [6.07, 6.45) is 0.983. The van der Waals surface area contributed by atoms with Crippen LogP contribution in [0.4, 0.5) is 0 Å². The molecule has 0 unspecified atom stereocenters. The summed E-state index contributed by atoms with van der Waals surface area (Å²) >= 11 is 0. The van der Waals surface area contributed by atoms with Gasteiger partial charge in [-0.15, -0.1) is 0 Å². The molecule has 0 heterocycles. The van der Waals surface area contributed by atoms with Crippen LogP contribution in [0.25, 0.3) is 0 Å². The number of aliphatic hydroxyl groups is 1. The van der Waals surface area contributed by atoms with Gasteiger partial charge in [0, 0.05) is 0 Å². The zero-order valence-electron chi connectivity index (χ0n) is 15.8. The first-order chi connectivity index (χ1) is 13.8. The Kier molecular flexibility index (Phi) is 5.67. The van der Waals surface area contributed by atoms with Gasteiger partial charge in [0.1, 0.15) is 0 Å². The molecule has 0 spiro atoms. The average Bonchev–Trinajstić information content (AvgIpc) is 2.80. The number of aliphatic hydroxyl groups excluding tert-OH is 1. The van der Waals surface area contributed by atoms with Gasteiger partial charge in [-0.25, -0.2) is 0 Å². The number of rotatable bonds is 6. The van der Waals surface area contributed by atoms with Crippen molar-refractivity contribution in [2.24, 2.45) is 0 Å². The van der Waals surface area contributed by atoms with Gasteiger partial charge in [0.15, 0.2) is 0 Å². The first-order valence-corrected chi connectivity index (χ1v) is 11.9. The van der Waals surface area contributed by atoms with Crippen LogP contribution in [0.5, 0.6) is 0 Å². The Balaban J connectivity index is 1.95. The van der Waals surface area contributed by atoms with Crippen molar-refractivity contribution in [3.8, 4) is 0 Å². The quantitative estimate of drug-likeness (QED) is 0.489. The van der Waals surface area contributed by atoms with Crippen LogP contribution < -0.4 is 15.9 Å². The minimum absolute atomic E-state index is 0.0822. The predicted molar refractivity (Wildman–Crippen MR) is 123 cm³/mol. The summed E-state index contributed by atoms with van der Waals surface area (Å²) in [7, 11) is -2.25. The van der Waals surface area contributed by atoms with E-state index in [1.807, 2.05) is 12.1 Å². The molecule has 0 atom stereocenters. The van der Waals surface area contributed by atoms with Crippen molar-refractivity contribution in [1.82, 2.24) is 0 Å². The molecule has 0 radical (unpaired) electrons. The number of hydrogen-bond acceptors (Lipinski definition) is 1. The first-order valence-electron chi connectivity index (χ1n) is 9.68. The number of benzene rings is 4. The molecule has 140 valence electrons. The van der Waals surface area contributed by atoms with Crippen LogP contribution in [-0.4, -0.2) is 5.11 Å². The molecule has 4 rings (SSSR count). The third kappa shape index (κ3) is 3.64. The Morgan fingerprint density at radius 2 is 0.821 bits per heavy atom. The normalized spacial score (nSPS) is 11.9. The molecule has 4 aromatic carbocycles. The van der Waals surface area contributed by atoms with E-state index in [1.54, 1.807) is 0 Å². The fourth-order valence-corrected chi connectivity index (χ4v) is 8.79. The molecule has 0 aliphatic carbocycles. The summed E-state index contributed by atoms with van der Waals surface area (Å²) < 4.78 is 0. The Labute approximate surface area is 167 Å². The van der Waals surface area contributed by atoms with Gasteiger partial charge < -0.3 is 0 Å². The fraction of sp³-hybridized carbons (Fsp3) is 0.0769. The van der Waals surface area contributed by atoms with Crippen molar-refractivity contribution in [3.05, 3.63) is 126 Å². The summed E-state index contributed by atoms with van der Waals surface area (Å²) in [5.74, 6) is 0. The Morgan fingerprint density at radius 3 is 1.18 bits per heavy atom. The van der Waals surface area contributed by atoms with Crippen LogP contribution in [0.1, 0.15) is 11.1 Å².